The first-order valence-corrected chi connectivity index (χ1v) is 6.73. The normalized spacial score (nSPS) is 23.2. The van der Waals surface area contributed by atoms with Crippen molar-refractivity contribution in [1.82, 2.24) is 4.98 Å². The third kappa shape index (κ3) is 1.92. The second-order valence-electron chi connectivity index (χ2n) is 5.28. The van der Waals surface area contributed by atoms with Crippen molar-refractivity contribution in [3.63, 3.8) is 0 Å². The highest BCUT2D eigenvalue weighted by atomic mass is 16.3. The molecule has 0 spiro atoms. The molecule has 1 aromatic carbocycles. The molecule has 1 aliphatic rings. The van der Waals surface area contributed by atoms with Gasteiger partial charge in [-0.3, -0.25) is 4.98 Å². The Hall–Kier alpha value is -1.81. The molecule has 2 unspecified atom stereocenters. The average molecular weight is 257 g/mol. The van der Waals surface area contributed by atoms with Crippen LogP contribution >= 0.6 is 0 Å². The smallest absolute Gasteiger partial charge is 0.0956 e. The number of fused-ring (bicyclic) bond motifs is 1. The molecule has 1 fully saturated rings. The molecule has 3 N–H and O–H groups in total. The molecule has 1 aliphatic heterocycles. The van der Waals surface area contributed by atoms with Gasteiger partial charge in [0.05, 0.1) is 23.9 Å². The van der Waals surface area contributed by atoms with Crippen LogP contribution in [0.5, 0.6) is 0 Å². The predicted molar refractivity (Wildman–Crippen MR) is 78.2 cm³/mol. The van der Waals surface area contributed by atoms with Crippen molar-refractivity contribution in [2.45, 2.75) is 19.4 Å². The monoisotopic (exact) mass is 257 g/mol. The van der Waals surface area contributed by atoms with Crippen molar-refractivity contribution in [1.29, 1.82) is 0 Å². The summed E-state index contributed by atoms with van der Waals surface area (Å²) in [7, 11) is 0. The summed E-state index contributed by atoms with van der Waals surface area (Å²) < 4.78 is 0. The number of benzene rings is 1. The van der Waals surface area contributed by atoms with Crippen LogP contribution in [-0.2, 0) is 0 Å². The number of rotatable bonds is 2. The first-order valence-electron chi connectivity index (χ1n) is 6.73. The molecule has 19 heavy (non-hydrogen) atoms. The van der Waals surface area contributed by atoms with Crippen LogP contribution < -0.4 is 10.6 Å². The van der Waals surface area contributed by atoms with Crippen molar-refractivity contribution in [2.24, 2.45) is 5.92 Å². The number of anilines is 2. The number of hydrogen-bond acceptors (Lipinski definition) is 4. The van der Waals surface area contributed by atoms with E-state index in [9.17, 15) is 5.11 Å². The van der Waals surface area contributed by atoms with Gasteiger partial charge in [-0.1, -0.05) is 6.92 Å². The molecular weight excluding hydrogens is 238 g/mol. The van der Waals surface area contributed by atoms with Crippen LogP contribution in [0.15, 0.2) is 30.5 Å². The molecular formula is C15H19N3O. The van der Waals surface area contributed by atoms with Crippen LogP contribution in [-0.4, -0.2) is 29.3 Å². The SMILES string of the molecule is CC1CCN(c2ccc(N)c3cccnc23)C1CO. The van der Waals surface area contributed by atoms with Gasteiger partial charge in [0.15, 0.2) is 0 Å². The zero-order chi connectivity index (χ0) is 13.4. The van der Waals surface area contributed by atoms with E-state index in [0.717, 1.165) is 35.2 Å². The maximum Gasteiger partial charge on any atom is 0.0956 e. The van der Waals surface area contributed by atoms with Crippen LogP contribution in [0.2, 0.25) is 0 Å². The van der Waals surface area contributed by atoms with E-state index >= 15 is 0 Å². The topological polar surface area (TPSA) is 62.4 Å². The number of nitrogen functional groups attached to an aromatic ring is 1. The van der Waals surface area contributed by atoms with E-state index in [1.54, 1.807) is 6.20 Å². The van der Waals surface area contributed by atoms with Crippen LogP contribution in [0.3, 0.4) is 0 Å². The minimum atomic E-state index is 0.175. The zero-order valence-electron chi connectivity index (χ0n) is 11.1. The average Bonchev–Trinajstić information content (AvgIpc) is 2.80. The third-order valence-corrected chi connectivity index (χ3v) is 4.16. The van der Waals surface area contributed by atoms with Crippen LogP contribution in [0, 0.1) is 5.92 Å². The molecule has 1 saturated heterocycles. The number of nitrogens with zero attached hydrogens (tertiary/aromatic N) is 2. The second kappa shape index (κ2) is 4.70. The Bertz CT molecular complexity index is 599. The minimum absolute atomic E-state index is 0.175. The summed E-state index contributed by atoms with van der Waals surface area (Å²) in [5.41, 5.74) is 8.76. The minimum Gasteiger partial charge on any atom is -0.398 e. The molecule has 1 aromatic heterocycles. The number of aliphatic hydroxyl groups excluding tert-OH is 1. The molecule has 0 radical (unpaired) electrons. The lowest BCUT2D eigenvalue weighted by molar-refractivity contribution is 0.245. The molecule has 2 aromatic rings. The van der Waals surface area contributed by atoms with Crippen LogP contribution in [0.25, 0.3) is 10.9 Å². The molecule has 3 rings (SSSR count). The summed E-state index contributed by atoms with van der Waals surface area (Å²) in [6.07, 6.45) is 2.89. The first-order chi connectivity index (χ1) is 9.22. The first kappa shape index (κ1) is 12.2. The number of pyridine rings is 1. The highest BCUT2D eigenvalue weighted by Crippen LogP contribution is 2.35. The van der Waals surface area contributed by atoms with E-state index in [1.165, 1.54) is 0 Å². The Morgan fingerprint density at radius 2 is 2.26 bits per heavy atom. The van der Waals surface area contributed by atoms with E-state index < -0.39 is 0 Å². The fourth-order valence-corrected chi connectivity index (χ4v) is 3.00. The fraction of sp³-hybridized carbons (Fsp3) is 0.400. The Kier molecular flexibility index (Phi) is 3.03. The Balaban J connectivity index is 2.13. The molecule has 0 amide bonds. The van der Waals surface area contributed by atoms with E-state index in [4.69, 9.17) is 5.73 Å². The van der Waals surface area contributed by atoms with Gasteiger partial charge in [-0.2, -0.15) is 0 Å². The Morgan fingerprint density at radius 1 is 1.42 bits per heavy atom. The number of hydrogen-bond donors (Lipinski definition) is 2. The van der Waals surface area contributed by atoms with E-state index in [0.29, 0.717) is 5.92 Å². The summed E-state index contributed by atoms with van der Waals surface area (Å²) in [5, 5.41) is 10.6. The lowest BCUT2D eigenvalue weighted by atomic mass is 10.0. The van der Waals surface area contributed by atoms with Gasteiger partial charge in [0.2, 0.25) is 0 Å². The lowest BCUT2D eigenvalue weighted by Gasteiger charge is -2.28. The van der Waals surface area contributed by atoms with Gasteiger partial charge >= 0.3 is 0 Å². The summed E-state index contributed by atoms with van der Waals surface area (Å²) in [6, 6.07) is 8.02. The predicted octanol–water partition coefficient (Wildman–Crippen LogP) is 2.02. The molecule has 0 bridgehead atoms. The van der Waals surface area contributed by atoms with Crippen molar-refractivity contribution in [3.05, 3.63) is 30.5 Å². The maximum absolute atomic E-state index is 9.61. The molecule has 4 nitrogen and oxygen atoms in total. The van der Waals surface area contributed by atoms with Gasteiger partial charge in [-0.25, -0.2) is 0 Å². The lowest BCUT2D eigenvalue weighted by Crippen LogP contribution is -2.35. The Labute approximate surface area is 112 Å². The maximum atomic E-state index is 9.61. The largest absolute Gasteiger partial charge is 0.398 e. The highest BCUT2D eigenvalue weighted by Gasteiger charge is 2.31. The highest BCUT2D eigenvalue weighted by molar-refractivity contribution is 5.98. The molecule has 2 atom stereocenters. The van der Waals surface area contributed by atoms with Crippen molar-refractivity contribution < 1.29 is 5.11 Å². The van der Waals surface area contributed by atoms with E-state index in [-0.39, 0.29) is 12.6 Å². The van der Waals surface area contributed by atoms with Crippen molar-refractivity contribution in [3.8, 4) is 0 Å². The van der Waals surface area contributed by atoms with Crippen LogP contribution in [0.1, 0.15) is 13.3 Å². The molecule has 0 aliphatic carbocycles. The third-order valence-electron chi connectivity index (χ3n) is 4.16. The second-order valence-corrected chi connectivity index (χ2v) is 5.28. The van der Waals surface area contributed by atoms with Crippen molar-refractivity contribution >= 4 is 22.3 Å². The van der Waals surface area contributed by atoms with Gasteiger partial charge in [0.1, 0.15) is 0 Å². The molecule has 2 heterocycles. The molecule has 100 valence electrons. The molecule has 0 saturated carbocycles. The van der Waals surface area contributed by atoms with E-state index in [2.05, 4.69) is 16.8 Å². The number of nitrogens with two attached hydrogens (primary N) is 1. The Morgan fingerprint density at radius 3 is 3.05 bits per heavy atom. The summed E-state index contributed by atoms with van der Waals surface area (Å²) in [4.78, 5) is 6.74. The van der Waals surface area contributed by atoms with Crippen LogP contribution in [0.4, 0.5) is 11.4 Å². The standard InChI is InChI=1S/C15H19N3O/c1-10-6-8-18(14(10)9-19)13-5-4-12(16)11-3-2-7-17-15(11)13/h2-5,7,10,14,19H,6,8-9,16H2,1H3. The number of aliphatic hydroxyl groups is 1. The fourth-order valence-electron chi connectivity index (χ4n) is 3.00. The van der Waals surface area contributed by atoms with Gasteiger partial charge < -0.3 is 15.7 Å². The summed E-state index contributed by atoms with van der Waals surface area (Å²) >= 11 is 0. The zero-order valence-corrected chi connectivity index (χ0v) is 11.1. The van der Waals surface area contributed by atoms with E-state index in [1.807, 2.05) is 24.3 Å². The summed E-state index contributed by atoms with van der Waals surface area (Å²) in [5.74, 6) is 0.501. The quantitative estimate of drug-likeness (QED) is 0.808. The molecule has 4 heteroatoms. The van der Waals surface area contributed by atoms with Gasteiger partial charge in [-0.15, -0.1) is 0 Å². The van der Waals surface area contributed by atoms with Gasteiger partial charge in [0.25, 0.3) is 0 Å². The summed E-state index contributed by atoms with van der Waals surface area (Å²) in [6.45, 7) is 3.33. The van der Waals surface area contributed by atoms with Crippen molar-refractivity contribution in [2.75, 3.05) is 23.8 Å². The number of aromatic nitrogens is 1. The van der Waals surface area contributed by atoms with Gasteiger partial charge in [-0.05, 0) is 36.6 Å². The van der Waals surface area contributed by atoms with Gasteiger partial charge in [0, 0.05) is 23.8 Å².